The summed E-state index contributed by atoms with van der Waals surface area (Å²) in [6.07, 6.45) is 1.49. The summed E-state index contributed by atoms with van der Waals surface area (Å²) in [7, 11) is 1.43. The highest BCUT2D eigenvalue weighted by molar-refractivity contribution is 5.69. The molecule has 118 valence electrons. The zero-order chi connectivity index (χ0) is 15.1. The molecule has 1 aliphatic rings. The average Bonchev–Trinajstić information content (AvgIpc) is 2.94. The summed E-state index contributed by atoms with van der Waals surface area (Å²) in [6.45, 7) is 8.41. The van der Waals surface area contributed by atoms with Crippen LogP contribution in [0, 0.1) is 0 Å². The largest absolute Gasteiger partial charge is 0.469 e. The van der Waals surface area contributed by atoms with Crippen LogP contribution in [0.3, 0.4) is 0 Å². The number of aromatic nitrogens is 4. The number of carbonyl (C=O) groups is 1. The van der Waals surface area contributed by atoms with Crippen molar-refractivity contribution in [3.63, 3.8) is 0 Å². The molecule has 1 aliphatic heterocycles. The predicted octanol–water partition coefficient (Wildman–Crippen LogP) is -0.236. The van der Waals surface area contributed by atoms with Crippen molar-refractivity contribution < 1.29 is 9.53 Å². The van der Waals surface area contributed by atoms with Gasteiger partial charge < -0.3 is 9.64 Å². The number of methoxy groups -OCH3 is 1. The summed E-state index contributed by atoms with van der Waals surface area (Å²) in [5.74, 6) is 0.788. The average molecular weight is 296 g/mol. The molecule has 0 bridgehead atoms. The zero-order valence-corrected chi connectivity index (χ0v) is 12.9. The van der Waals surface area contributed by atoms with E-state index in [-0.39, 0.29) is 5.97 Å². The van der Waals surface area contributed by atoms with Crippen molar-refractivity contribution >= 4 is 5.97 Å². The molecule has 1 fully saturated rings. The molecule has 0 saturated carbocycles. The second kappa shape index (κ2) is 8.04. The van der Waals surface area contributed by atoms with E-state index >= 15 is 0 Å². The molecule has 0 N–H and O–H groups in total. The lowest BCUT2D eigenvalue weighted by Crippen LogP contribution is -2.46. The van der Waals surface area contributed by atoms with Crippen LogP contribution in [-0.4, -0.2) is 75.8 Å². The number of tetrazole rings is 1. The van der Waals surface area contributed by atoms with Gasteiger partial charge in [0.1, 0.15) is 0 Å². The van der Waals surface area contributed by atoms with Crippen molar-refractivity contribution in [2.45, 2.75) is 32.9 Å². The van der Waals surface area contributed by atoms with E-state index in [9.17, 15) is 4.79 Å². The Hall–Kier alpha value is -1.54. The molecule has 1 aromatic heterocycles. The second-order valence-corrected chi connectivity index (χ2v) is 5.26. The second-order valence-electron chi connectivity index (χ2n) is 5.26. The van der Waals surface area contributed by atoms with Crippen molar-refractivity contribution in [2.75, 3.05) is 39.8 Å². The van der Waals surface area contributed by atoms with Gasteiger partial charge in [-0.15, -0.1) is 5.10 Å². The Morgan fingerprint density at radius 1 is 1.19 bits per heavy atom. The number of ether oxygens (including phenoxy) is 1. The standard InChI is InChI=1S/C13H24N6O2/c1-3-5-19-12(14-15-16-19)11-18-9-7-17(8-10-18)6-4-13(20)21-2/h3-11H2,1-2H3. The first-order valence-electron chi connectivity index (χ1n) is 7.49. The van der Waals surface area contributed by atoms with Crippen LogP contribution in [0.4, 0.5) is 0 Å². The van der Waals surface area contributed by atoms with E-state index in [1.807, 2.05) is 4.68 Å². The molecule has 0 spiro atoms. The van der Waals surface area contributed by atoms with Crippen LogP contribution in [0.5, 0.6) is 0 Å². The summed E-state index contributed by atoms with van der Waals surface area (Å²) in [5.41, 5.74) is 0. The third-order valence-corrected chi connectivity index (χ3v) is 3.73. The number of aryl methyl sites for hydroxylation is 1. The van der Waals surface area contributed by atoms with Crippen molar-refractivity contribution in [2.24, 2.45) is 0 Å². The van der Waals surface area contributed by atoms with Gasteiger partial charge in [-0.2, -0.15) is 0 Å². The Kier molecular flexibility index (Phi) is 6.06. The molecule has 0 radical (unpaired) electrons. The Morgan fingerprint density at radius 3 is 2.57 bits per heavy atom. The highest BCUT2D eigenvalue weighted by Crippen LogP contribution is 2.07. The summed E-state index contributed by atoms with van der Waals surface area (Å²) >= 11 is 0. The minimum absolute atomic E-state index is 0.142. The Morgan fingerprint density at radius 2 is 1.90 bits per heavy atom. The van der Waals surface area contributed by atoms with Crippen molar-refractivity contribution in [3.05, 3.63) is 5.82 Å². The Bertz CT molecular complexity index is 442. The van der Waals surface area contributed by atoms with Crippen LogP contribution >= 0.6 is 0 Å². The van der Waals surface area contributed by atoms with Crippen LogP contribution in [-0.2, 0) is 22.6 Å². The fourth-order valence-corrected chi connectivity index (χ4v) is 2.44. The first-order chi connectivity index (χ1) is 10.2. The monoisotopic (exact) mass is 296 g/mol. The number of hydrogen-bond acceptors (Lipinski definition) is 7. The third-order valence-electron chi connectivity index (χ3n) is 3.73. The lowest BCUT2D eigenvalue weighted by molar-refractivity contribution is -0.141. The van der Waals surface area contributed by atoms with Gasteiger partial charge in [-0.3, -0.25) is 9.69 Å². The molecule has 1 saturated heterocycles. The van der Waals surface area contributed by atoms with E-state index < -0.39 is 0 Å². The molecule has 2 heterocycles. The van der Waals surface area contributed by atoms with Gasteiger partial charge in [-0.1, -0.05) is 6.92 Å². The van der Waals surface area contributed by atoms with Gasteiger partial charge in [0.15, 0.2) is 5.82 Å². The lowest BCUT2D eigenvalue weighted by Gasteiger charge is -2.34. The summed E-state index contributed by atoms with van der Waals surface area (Å²) in [5, 5.41) is 11.9. The summed E-state index contributed by atoms with van der Waals surface area (Å²) < 4.78 is 6.55. The molecule has 1 aromatic rings. The lowest BCUT2D eigenvalue weighted by atomic mass is 10.3. The number of carbonyl (C=O) groups excluding carboxylic acids is 1. The molecule has 0 atom stereocenters. The summed E-state index contributed by atoms with van der Waals surface area (Å²) in [6, 6.07) is 0. The topological polar surface area (TPSA) is 76.4 Å². The zero-order valence-electron chi connectivity index (χ0n) is 12.9. The fraction of sp³-hybridized carbons (Fsp3) is 0.846. The van der Waals surface area contributed by atoms with E-state index in [1.165, 1.54) is 7.11 Å². The Labute approximate surface area is 125 Å². The van der Waals surface area contributed by atoms with Crippen LogP contribution in [0.15, 0.2) is 0 Å². The van der Waals surface area contributed by atoms with Crippen molar-refractivity contribution in [3.8, 4) is 0 Å². The molecular weight excluding hydrogens is 272 g/mol. The first-order valence-corrected chi connectivity index (χ1v) is 7.49. The van der Waals surface area contributed by atoms with Crippen molar-refractivity contribution in [1.29, 1.82) is 0 Å². The number of piperazine rings is 1. The quantitative estimate of drug-likeness (QED) is 0.643. The van der Waals surface area contributed by atoms with E-state index in [2.05, 4.69) is 37.0 Å². The number of esters is 1. The Balaban J connectivity index is 1.73. The number of rotatable bonds is 7. The van der Waals surface area contributed by atoms with Gasteiger partial charge in [-0.25, -0.2) is 4.68 Å². The van der Waals surface area contributed by atoms with E-state index in [0.29, 0.717) is 6.42 Å². The SMILES string of the molecule is CCCn1nnnc1CN1CCN(CCC(=O)OC)CC1. The number of hydrogen-bond donors (Lipinski definition) is 0. The maximum Gasteiger partial charge on any atom is 0.306 e. The van der Waals surface area contributed by atoms with Crippen molar-refractivity contribution in [1.82, 2.24) is 30.0 Å². The molecule has 0 unspecified atom stereocenters. The molecule has 0 aromatic carbocycles. The van der Waals surface area contributed by atoms with Gasteiger partial charge in [-0.05, 0) is 16.8 Å². The molecule has 0 aliphatic carbocycles. The predicted molar refractivity (Wildman–Crippen MR) is 76.5 cm³/mol. The van der Waals surface area contributed by atoms with E-state index in [4.69, 9.17) is 0 Å². The molecule has 21 heavy (non-hydrogen) atoms. The van der Waals surface area contributed by atoms with E-state index in [0.717, 1.165) is 58.1 Å². The molecule has 2 rings (SSSR count). The molecule has 8 heteroatoms. The van der Waals surface area contributed by atoms with Gasteiger partial charge in [0.2, 0.25) is 0 Å². The highest BCUT2D eigenvalue weighted by Gasteiger charge is 2.19. The van der Waals surface area contributed by atoms with Gasteiger partial charge in [0.25, 0.3) is 0 Å². The first kappa shape index (κ1) is 15.8. The third kappa shape index (κ3) is 4.75. The summed E-state index contributed by atoms with van der Waals surface area (Å²) in [4.78, 5) is 15.8. The van der Waals surface area contributed by atoms with Gasteiger partial charge >= 0.3 is 5.97 Å². The van der Waals surface area contributed by atoms with Crippen LogP contribution in [0.25, 0.3) is 0 Å². The van der Waals surface area contributed by atoms with Crippen LogP contribution in [0.2, 0.25) is 0 Å². The van der Waals surface area contributed by atoms with E-state index in [1.54, 1.807) is 0 Å². The van der Waals surface area contributed by atoms with Crippen LogP contribution < -0.4 is 0 Å². The maximum absolute atomic E-state index is 11.1. The normalized spacial score (nSPS) is 17.0. The maximum atomic E-state index is 11.1. The van der Waals surface area contributed by atoms with Gasteiger partial charge in [0.05, 0.1) is 20.1 Å². The molecule has 0 amide bonds. The minimum Gasteiger partial charge on any atom is -0.469 e. The fourth-order valence-electron chi connectivity index (χ4n) is 2.44. The molecular formula is C13H24N6O2. The van der Waals surface area contributed by atoms with Crippen LogP contribution in [0.1, 0.15) is 25.6 Å². The molecule has 8 nitrogen and oxygen atoms in total. The van der Waals surface area contributed by atoms with Gasteiger partial charge in [0, 0.05) is 39.3 Å². The smallest absolute Gasteiger partial charge is 0.306 e. The number of nitrogens with zero attached hydrogens (tertiary/aromatic N) is 6. The highest BCUT2D eigenvalue weighted by atomic mass is 16.5. The minimum atomic E-state index is -0.142.